The summed E-state index contributed by atoms with van der Waals surface area (Å²) in [4.78, 5) is 23.7. The summed E-state index contributed by atoms with van der Waals surface area (Å²) in [6.45, 7) is 6.87. The Kier molecular flexibility index (Phi) is 6.39. The first kappa shape index (κ1) is 19.5. The van der Waals surface area contributed by atoms with E-state index in [-0.39, 0.29) is 17.3 Å². The van der Waals surface area contributed by atoms with E-state index in [4.69, 9.17) is 0 Å². The normalized spacial score (nSPS) is 10.9. The third kappa shape index (κ3) is 5.34. The molecule has 138 valence electrons. The predicted octanol–water partition coefficient (Wildman–Crippen LogP) is 4.21. The van der Waals surface area contributed by atoms with E-state index in [2.05, 4.69) is 36.1 Å². The summed E-state index contributed by atoms with van der Waals surface area (Å²) in [5.41, 5.74) is 3.27. The van der Waals surface area contributed by atoms with Crippen LogP contribution >= 0.6 is 0 Å². The van der Waals surface area contributed by atoms with Crippen LogP contribution in [-0.2, 0) is 14.9 Å². The van der Waals surface area contributed by atoms with Crippen molar-refractivity contribution in [1.82, 2.24) is 0 Å². The first-order valence-corrected chi connectivity index (χ1v) is 8.63. The number of benzene rings is 2. The lowest BCUT2D eigenvalue weighted by Crippen LogP contribution is -2.20. The van der Waals surface area contributed by atoms with Crippen LogP contribution in [0, 0.1) is 0 Å². The van der Waals surface area contributed by atoms with Gasteiger partial charge in [-0.2, -0.15) is 0 Å². The van der Waals surface area contributed by atoms with Crippen LogP contribution in [0.2, 0.25) is 0 Å². The number of methoxy groups -OCH3 is 1. The van der Waals surface area contributed by atoms with E-state index >= 15 is 0 Å². The van der Waals surface area contributed by atoms with Crippen molar-refractivity contribution in [2.45, 2.75) is 32.6 Å². The lowest BCUT2D eigenvalue weighted by Gasteiger charge is -2.23. The average molecular weight is 354 g/mol. The number of amides is 1. The molecule has 0 fully saturated rings. The van der Waals surface area contributed by atoms with Crippen LogP contribution in [0.15, 0.2) is 48.5 Å². The van der Waals surface area contributed by atoms with Crippen molar-refractivity contribution in [3.05, 3.63) is 59.7 Å². The maximum Gasteiger partial charge on any atom is 0.337 e. The maximum absolute atomic E-state index is 12.3. The molecule has 2 aromatic rings. The third-order valence-corrected chi connectivity index (χ3v) is 4.00. The van der Waals surface area contributed by atoms with Crippen LogP contribution in [0.25, 0.3) is 0 Å². The highest BCUT2D eigenvalue weighted by atomic mass is 16.5. The molecule has 0 aromatic heterocycles. The molecule has 26 heavy (non-hydrogen) atoms. The fourth-order valence-electron chi connectivity index (χ4n) is 2.62. The number of para-hydroxylation sites is 1. The Morgan fingerprint density at radius 2 is 1.65 bits per heavy atom. The van der Waals surface area contributed by atoms with E-state index in [1.54, 1.807) is 24.3 Å². The molecule has 0 radical (unpaired) electrons. The van der Waals surface area contributed by atoms with Crippen LogP contribution < -0.4 is 10.6 Å². The van der Waals surface area contributed by atoms with E-state index in [1.807, 2.05) is 24.3 Å². The lowest BCUT2D eigenvalue weighted by molar-refractivity contribution is -0.115. The second-order valence-corrected chi connectivity index (χ2v) is 7.09. The summed E-state index contributed by atoms with van der Waals surface area (Å²) in [7, 11) is 1.35. The van der Waals surface area contributed by atoms with Crippen molar-refractivity contribution < 1.29 is 14.3 Å². The first-order valence-electron chi connectivity index (χ1n) is 8.63. The minimum atomic E-state index is -0.367. The number of rotatable bonds is 6. The summed E-state index contributed by atoms with van der Waals surface area (Å²) in [5.74, 6) is -0.408. The minimum Gasteiger partial charge on any atom is -0.465 e. The smallest absolute Gasteiger partial charge is 0.337 e. The van der Waals surface area contributed by atoms with Gasteiger partial charge in [0, 0.05) is 24.3 Å². The Balaban J connectivity index is 1.87. The van der Waals surface area contributed by atoms with Gasteiger partial charge in [-0.1, -0.05) is 39.0 Å². The summed E-state index contributed by atoms with van der Waals surface area (Å²) >= 11 is 0. The number of hydrogen-bond donors (Lipinski definition) is 2. The van der Waals surface area contributed by atoms with Crippen LogP contribution in [0.5, 0.6) is 0 Å². The molecule has 0 saturated carbocycles. The molecule has 0 bridgehead atoms. The number of ether oxygens (including phenoxy) is 1. The molecule has 0 aliphatic heterocycles. The van der Waals surface area contributed by atoms with E-state index in [0.29, 0.717) is 18.5 Å². The minimum absolute atomic E-state index is 0.0382. The SMILES string of the molecule is COC(=O)c1ccc(NCCC(=O)Nc2ccccc2C(C)(C)C)cc1. The topological polar surface area (TPSA) is 67.4 Å². The molecule has 2 N–H and O–H groups in total. The molecule has 0 heterocycles. The van der Waals surface area contributed by atoms with Crippen LogP contribution in [-0.4, -0.2) is 25.5 Å². The molecule has 0 aliphatic carbocycles. The van der Waals surface area contributed by atoms with Crippen LogP contribution in [0.1, 0.15) is 43.1 Å². The quantitative estimate of drug-likeness (QED) is 0.763. The molecule has 5 heteroatoms. The molecular weight excluding hydrogens is 328 g/mol. The number of carbonyl (C=O) groups is 2. The monoisotopic (exact) mass is 354 g/mol. The molecule has 2 aromatic carbocycles. The fourth-order valence-corrected chi connectivity index (χ4v) is 2.62. The molecule has 0 spiro atoms. The number of hydrogen-bond acceptors (Lipinski definition) is 4. The first-order chi connectivity index (χ1) is 12.3. The van der Waals surface area contributed by atoms with E-state index < -0.39 is 0 Å². The summed E-state index contributed by atoms with van der Waals surface area (Å²) in [6.07, 6.45) is 0.344. The van der Waals surface area contributed by atoms with Crippen LogP contribution in [0.4, 0.5) is 11.4 Å². The van der Waals surface area contributed by atoms with Crippen molar-refractivity contribution >= 4 is 23.3 Å². The molecule has 2 rings (SSSR count). The van der Waals surface area contributed by atoms with Crippen molar-refractivity contribution in [3.8, 4) is 0 Å². The summed E-state index contributed by atoms with van der Waals surface area (Å²) in [5, 5.41) is 6.17. The molecular formula is C21H26N2O3. The van der Waals surface area contributed by atoms with Gasteiger partial charge in [0.1, 0.15) is 0 Å². The van der Waals surface area contributed by atoms with E-state index in [0.717, 1.165) is 16.9 Å². The molecule has 0 saturated heterocycles. The second-order valence-electron chi connectivity index (χ2n) is 7.09. The lowest BCUT2D eigenvalue weighted by atomic mass is 9.86. The zero-order valence-electron chi connectivity index (χ0n) is 15.8. The van der Waals surface area contributed by atoms with Gasteiger partial charge < -0.3 is 15.4 Å². The Labute approximate surface area is 154 Å². The van der Waals surface area contributed by atoms with E-state index in [1.165, 1.54) is 7.11 Å². The van der Waals surface area contributed by atoms with Crippen molar-refractivity contribution in [2.24, 2.45) is 0 Å². The summed E-state index contributed by atoms with van der Waals surface area (Å²) < 4.78 is 4.67. The molecule has 5 nitrogen and oxygen atoms in total. The molecule has 1 amide bonds. The molecule has 0 atom stereocenters. The van der Waals surface area contributed by atoms with Gasteiger partial charge in [0.05, 0.1) is 12.7 Å². The highest BCUT2D eigenvalue weighted by molar-refractivity contribution is 5.92. The van der Waals surface area contributed by atoms with Crippen molar-refractivity contribution in [1.29, 1.82) is 0 Å². The van der Waals surface area contributed by atoms with Gasteiger partial charge >= 0.3 is 5.97 Å². The highest BCUT2D eigenvalue weighted by Gasteiger charge is 2.18. The Morgan fingerprint density at radius 3 is 2.27 bits per heavy atom. The van der Waals surface area contributed by atoms with Gasteiger partial charge in [-0.15, -0.1) is 0 Å². The molecule has 0 unspecified atom stereocenters. The van der Waals surface area contributed by atoms with Crippen LogP contribution in [0.3, 0.4) is 0 Å². The molecule has 0 aliphatic rings. The number of esters is 1. The third-order valence-electron chi connectivity index (χ3n) is 4.00. The summed E-state index contributed by atoms with van der Waals surface area (Å²) in [6, 6.07) is 14.8. The van der Waals surface area contributed by atoms with Gasteiger partial charge in [0.25, 0.3) is 0 Å². The second kappa shape index (κ2) is 8.52. The van der Waals surface area contributed by atoms with E-state index in [9.17, 15) is 9.59 Å². The van der Waals surface area contributed by atoms with Gasteiger partial charge in [0.2, 0.25) is 5.91 Å². The van der Waals surface area contributed by atoms with Gasteiger partial charge in [-0.25, -0.2) is 4.79 Å². The standard InChI is InChI=1S/C21H26N2O3/c1-21(2,3)17-7-5-6-8-18(17)23-19(24)13-14-22-16-11-9-15(10-12-16)20(25)26-4/h5-12,22H,13-14H2,1-4H3,(H,23,24). The highest BCUT2D eigenvalue weighted by Crippen LogP contribution is 2.29. The van der Waals surface area contributed by atoms with Gasteiger partial charge in [0.15, 0.2) is 0 Å². The largest absolute Gasteiger partial charge is 0.465 e. The number of carbonyl (C=O) groups excluding carboxylic acids is 2. The zero-order valence-corrected chi connectivity index (χ0v) is 15.8. The zero-order chi connectivity index (χ0) is 19.2. The average Bonchev–Trinajstić information content (AvgIpc) is 2.61. The Bertz CT molecular complexity index is 762. The van der Waals surface area contributed by atoms with Gasteiger partial charge in [-0.3, -0.25) is 4.79 Å². The number of nitrogens with one attached hydrogen (secondary N) is 2. The fraction of sp³-hybridized carbons (Fsp3) is 0.333. The Morgan fingerprint density at radius 1 is 1.00 bits per heavy atom. The van der Waals surface area contributed by atoms with Gasteiger partial charge in [-0.05, 0) is 41.3 Å². The van der Waals surface area contributed by atoms with Crippen molar-refractivity contribution in [3.63, 3.8) is 0 Å². The maximum atomic E-state index is 12.3. The van der Waals surface area contributed by atoms with Crippen molar-refractivity contribution in [2.75, 3.05) is 24.3 Å². The Hall–Kier alpha value is -2.82. The predicted molar refractivity (Wildman–Crippen MR) is 105 cm³/mol. The number of anilines is 2.